The lowest BCUT2D eigenvalue weighted by Gasteiger charge is -2.19. The standard InChI is InChI=1S/C52H34/c1-2-14-36(15-3-1)45-33-32-37-17-5-7-22-44(37)50(45)38-28-30-39(31-29-38)51-46-23-8-10-25-48(46)52(49-26-11-9-24-47(49)51)41-20-12-19-40(34-41)43-27-13-18-35-16-4-6-21-42(35)43/h1-34H. The van der Waals surface area contributed by atoms with E-state index < -0.39 is 0 Å². The van der Waals surface area contributed by atoms with Crippen molar-refractivity contribution in [3.63, 3.8) is 0 Å². The molecule has 0 heteroatoms. The van der Waals surface area contributed by atoms with Crippen molar-refractivity contribution in [1.29, 1.82) is 0 Å². The largest absolute Gasteiger partial charge is 0.0622 e. The summed E-state index contributed by atoms with van der Waals surface area (Å²) >= 11 is 0. The van der Waals surface area contributed by atoms with Crippen LogP contribution in [-0.2, 0) is 0 Å². The average Bonchev–Trinajstić information content (AvgIpc) is 3.22. The highest BCUT2D eigenvalue weighted by Gasteiger charge is 2.18. The predicted molar refractivity (Wildman–Crippen MR) is 224 cm³/mol. The summed E-state index contributed by atoms with van der Waals surface area (Å²) in [5, 5.41) is 10.1. The minimum absolute atomic E-state index is 1.22. The van der Waals surface area contributed by atoms with Crippen LogP contribution in [0.1, 0.15) is 0 Å². The van der Waals surface area contributed by atoms with E-state index in [-0.39, 0.29) is 0 Å². The molecule has 10 rings (SSSR count). The van der Waals surface area contributed by atoms with Gasteiger partial charge in [0, 0.05) is 0 Å². The van der Waals surface area contributed by atoms with Crippen LogP contribution in [0.4, 0.5) is 0 Å². The molecule has 0 spiro atoms. The first-order valence-corrected chi connectivity index (χ1v) is 18.0. The second-order valence-electron chi connectivity index (χ2n) is 13.6. The van der Waals surface area contributed by atoms with E-state index in [1.54, 1.807) is 0 Å². The molecule has 0 atom stereocenters. The first-order valence-electron chi connectivity index (χ1n) is 18.0. The minimum atomic E-state index is 1.22. The van der Waals surface area contributed by atoms with Gasteiger partial charge in [0.15, 0.2) is 0 Å². The first-order chi connectivity index (χ1) is 25.8. The Morgan fingerprint density at radius 1 is 0.192 bits per heavy atom. The molecule has 0 N–H and O–H groups in total. The van der Waals surface area contributed by atoms with Crippen molar-refractivity contribution in [2.75, 3.05) is 0 Å². The molecule has 0 radical (unpaired) electrons. The Hall–Kier alpha value is -6.76. The summed E-state index contributed by atoms with van der Waals surface area (Å²) in [6.45, 7) is 0. The first kappa shape index (κ1) is 30.1. The van der Waals surface area contributed by atoms with Gasteiger partial charge in [0.2, 0.25) is 0 Å². The number of rotatable bonds is 5. The highest BCUT2D eigenvalue weighted by atomic mass is 14.2. The van der Waals surface area contributed by atoms with Gasteiger partial charge < -0.3 is 0 Å². The van der Waals surface area contributed by atoms with E-state index in [4.69, 9.17) is 0 Å². The third-order valence-electron chi connectivity index (χ3n) is 10.7. The van der Waals surface area contributed by atoms with Crippen molar-refractivity contribution >= 4 is 43.1 Å². The van der Waals surface area contributed by atoms with Gasteiger partial charge in [0.05, 0.1) is 0 Å². The van der Waals surface area contributed by atoms with Crippen LogP contribution in [0.15, 0.2) is 206 Å². The highest BCUT2D eigenvalue weighted by molar-refractivity contribution is 6.21. The molecule has 0 heterocycles. The van der Waals surface area contributed by atoms with Gasteiger partial charge in [-0.15, -0.1) is 0 Å². The van der Waals surface area contributed by atoms with Crippen molar-refractivity contribution < 1.29 is 0 Å². The maximum absolute atomic E-state index is 2.37. The Morgan fingerprint density at radius 2 is 0.635 bits per heavy atom. The molecule has 0 fully saturated rings. The van der Waals surface area contributed by atoms with Crippen molar-refractivity contribution in [1.82, 2.24) is 0 Å². The fourth-order valence-electron chi connectivity index (χ4n) is 8.31. The summed E-state index contributed by atoms with van der Waals surface area (Å²) in [5.41, 5.74) is 12.4. The Labute approximate surface area is 303 Å². The van der Waals surface area contributed by atoms with Crippen molar-refractivity contribution in [3.05, 3.63) is 206 Å². The molecule has 0 aliphatic heterocycles. The molecule has 0 aliphatic carbocycles. The second kappa shape index (κ2) is 12.5. The molecule has 242 valence electrons. The van der Waals surface area contributed by atoms with Crippen molar-refractivity contribution in [2.45, 2.75) is 0 Å². The fourth-order valence-corrected chi connectivity index (χ4v) is 8.31. The Bertz CT molecular complexity index is 2870. The van der Waals surface area contributed by atoms with Crippen LogP contribution in [0.5, 0.6) is 0 Å². The maximum atomic E-state index is 2.37. The van der Waals surface area contributed by atoms with E-state index >= 15 is 0 Å². The molecule has 0 saturated carbocycles. The van der Waals surface area contributed by atoms with Gasteiger partial charge in [-0.3, -0.25) is 0 Å². The summed E-state index contributed by atoms with van der Waals surface area (Å²) < 4.78 is 0. The van der Waals surface area contributed by atoms with Gasteiger partial charge in [-0.2, -0.15) is 0 Å². The lowest BCUT2D eigenvalue weighted by molar-refractivity contribution is 1.60. The molecule has 52 heavy (non-hydrogen) atoms. The zero-order chi connectivity index (χ0) is 34.4. The number of hydrogen-bond acceptors (Lipinski definition) is 0. The van der Waals surface area contributed by atoms with Crippen LogP contribution in [0.25, 0.3) is 98.7 Å². The van der Waals surface area contributed by atoms with Gasteiger partial charge in [-0.1, -0.05) is 200 Å². The molecule has 10 aromatic rings. The molecule has 0 amide bonds. The van der Waals surface area contributed by atoms with Crippen LogP contribution < -0.4 is 0 Å². The molecule has 0 aliphatic rings. The van der Waals surface area contributed by atoms with E-state index in [2.05, 4.69) is 206 Å². The Morgan fingerprint density at radius 3 is 1.29 bits per heavy atom. The van der Waals surface area contributed by atoms with E-state index in [1.807, 2.05) is 0 Å². The average molecular weight is 659 g/mol. The Kier molecular flexibility index (Phi) is 7.25. The molecule has 10 aromatic carbocycles. The molecular weight excluding hydrogens is 625 g/mol. The SMILES string of the molecule is c1ccc(-c2ccc3ccccc3c2-c2ccc(-c3c4ccccc4c(-c4cccc(-c5cccc6ccccc56)c4)c4ccccc34)cc2)cc1. The van der Waals surface area contributed by atoms with E-state index in [9.17, 15) is 0 Å². The summed E-state index contributed by atoms with van der Waals surface area (Å²) in [4.78, 5) is 0. The third kappa shape index (κ3) is 5.00. The van der Waals surface area contributed by atoms with Gasteiger partial charge in [0.1, 0.15) is 0 Å². The molecule has 0 aromatic heterocycles. The maximum Gasteiger partial charge on any atom is -0.00262 e. The molecule has 0 unspecified atom stereocenters. The zero-order valence-corrected chi connectivity index (χ0v) is 28.6. The number of benzene rings is 10. The van der Waals surface area contributed by atoms with Gasteiger partial charge in [0.25, 0.3) is 0 Å². The van der Waals surface area contributed by atoms with E-state index in [1.165, 1.54) is 98.7 Å². The van der Waals surface area contributed by atoms with E-state index in [0.717, 1.165) is 0 Å². The summed E-state index contributed by atoms with van der Waals surface area (Å²) in [7, 11) is 0. The smallest absolute Gasteiger partial charge is 0.00262 e. The van der Waals surface area contributed by atoms with Gasteiger partial charge in [-0.05, 0) is 105 Å². The van der Waals surface area contributed by atoms with Crippen LogP contribution in [-0.4, -0.2) is 0 Å². The molecule has 0 saturated heterocycles. The quantitative estimate of drug-likeness (QED) is 0.161. The minimum Gasteiger partial charge on any atom is -0.0622 e. The number of hydrogen-bond donors (Lipinski definition) is 0. The summed E-state index contributed by atoms with van der Waals surface area (Å²) in [6.07, 6.45) is 0. The lowest BCUT2D eigenvalue weighted by atomic mass is 9.84. The van der Waals surface area contributed by atoms with Crippen molar-refractivity contribution in [3.8, 4) is 55.6 Å². The molecular formula is C52H34. The second-order valence-corrected chi connectivity index (χ2v) is 13.6. The zero-order valence-electron chi connectivity index (χ0n) is 28.6. The highest BCUT2D eigenvalue weighted by Crippen LogP contribution is 2.45. The molecule has 0 bridgehead atoms. The Balaban J connectivity index is 1.16. The summed E-state index contributed by atoms with van der Waals surface area (Å²) in [6, 6.07) is 75.5. The topological polar surface area (TPSA) is 0 Å². The van der Waals surface area contributed by atoms with Crippen LogP contribution in [0.3, 0.4) is 0 Å². The summed E-state index contributed by atoms with van der Waals surface area (Å²) in [5.74, 6) is 0. The normalized spacial score (nSPS) is 11.5. The van der Waals surface area contributed by atoms with Crippen molar-refractivity contribution in [2.24, 2.45) is 0 Å². The van der Waals surface area contributed by atoms with Gasteiger partial charge in [-0.25, -0.2) is 0 Å². The number of fused-ring (bicyclic) bond motifs is 4. The lowest BCUT2D eigenvalue weighted by Crippen LogP contribution is -1.92. The van der Waals surface area contributed by atoms with Gasteiger partial charge >= 0.3 is 0 Å². The van der Waals surface area contributed by atoms with Crippen LogP contribution in [0.2, 0.25) is 0 Å². The van der Waals surface area contributed by atoms with E-state index in [0.29, 0.717) is 0 Å². The van der Waals surface area contributed by atoms with Crippen LogP contribution >= 0.6 is 0 Å². The fraction of sp³-hybridized carbons (Fsp3) is 0. The third-order valence-corrected chi connectivity index (χ3v) is 10.7. The molecule has 0 nitrogen and oxygen atoms in total. The monoisotopic (exact) mass is 658 g/mol. The predicted octanol–water partition coefficient (Wildman–Crippen LogP) is 14.6. The van der Waals surface area contributed by atoms with Crippen LogP contribution in [0, 0.1) is 0 Å².